The summed E-state index contributed by atoms with van der Waals surface area (Å²) in [6, 6.07) is 3.24. The Balaban J connectivity index is 2.40. The van der Waals surface area contributed by atoms with Crippen LogP contribution in [0.3, 0.4) is 0 Å². The van der Waals surface area contributed by atoms with Gasteiger partial charge in [0.05, 0.1) is 5.56 Å². The van der Waals surface area contributed by atoms with Gasteiger partial charge in [-0.3, -0.25) is 0 Å². The molecule has 1 saturated carbocycles. The van der Waals surface area contributed by atoms with Crippen LogP contribution in [0.1, 0.15) is 79.8 Å². The highest BCUT2D eigenvalue weighted by atomic mass is 19.3. The number of hydrogen-bond donors (Lipinski definition) is 1. The first kappa shape index (κ1) is 19.7. The van der Waals surface area contributed by atoms with Gasteiger partial charge in [-0.05, 0) is 55.2 Å². The van der Waals surface area contributed by atoms with Crippen LogP contribution in [0, 0.1) is 5.92 Å². The summed E-state index contributed by atoms with van der Waals surface area (Å²) in [7, 11) is 0. The second-order valence-electron chi connectivity index (χ2n) is 7.08. The van der Waals surface area contributed by atoms with Crippen LogP contribution in [0.2, 0.25) is 0 Å². The van der Waals surface area contributed by atoms with Gasteiger partial charge in [0.1, 0.15) is 0 Å². The van der Waals surface area contributed by atoms with Gasteiger partial charge in [0.25, 0.3) is 0 Å². The molecule has 0 unspecified atom stereocenters. The Morgan fingerprint density at radius 2 is 1.76 bits per heavy atom. The topological polar surface area (TPSA) is 37.3 Å². The second-order valence-corrected chi connectivity index (χ2v) is 7.08. The van der Waals surface area contributed by atoms with Gasteiger partial charge in [0, 0.05) is 12.5 Å². The zero-order valence-corrected chi connectivity index (χ0v) is 14.5. The minimum Gasteiger partial charge on any atom is -0.478 e. The molecule has 1 aromatic carbocycles. The van der Waals surface area contributed by atoms with Gasteiger partial charge < -0.3 is 5.11 Å². The molecular weight excluding hydrogens is 336 g/mol. The molecule has 0 radical (unpaired) electrons. The highest BCUT2D eigenvalue weighted by Crippen LogP contribution is 2.48. The molecule has 1 aromatic rings. The summed E-state index contributed by atoms with van der Waals surface area (Å²) in [6.07, 6.45) is 5.24. The number of halogens is 4. The Bertz CT molecular complexity index is 614. The average Bonchev–Trinajstić information content (AvgIpc) is 2.54. The molecule has 25 heavy (non-hydrogen) atoms. The molecule has 1 aliphatic carbocycles. The zero-order chi connectivity index (χ0) is 18.8. The SMILES string of the molecule is CCCC1CCC(c2ccc(C(=O)O)cc2C(F)(F)C(C)(F)F)CC1. The van der Waals surface area contributed by atoms with Crippen molar-refractivity contribution >= 4 is 5.97 Å². The van der Waals surface area contributed by atoms with E-state index in [-0.39, 0.29) is 18.4 Å². The van der Waals surface area contributed by atoms with Gasteiger partial charge in [-0.25, -0.2) is 4.79 Å². The monoisotopic (exact) mass is 360 g/mol. The third-order valence-corrected chi connectivity index (χ3v) is 5.17. The van der Waals surface area contributed by atoms with Crippen LogP contribution >= 0.6 is 0 Å². The van der Waals surface area contributed by atoms with Crippen molar-refractivity contribution < 1.29 is 27.5 Å². The highest BCUT2D eigenvalue weighted by molar-refractivity contribution is 5.88. The van der Waals surface area contributed by atoms with Crippen LogP contribution in [0.4, 0.5) is 17.6 Å². The number of carboxylic acid groups (broad SMARTS) is 1. The van der Waals surface area contributed by atoms with Crippen LogP contribution in [0.15, 0.2) is 18.2 Å². The van der Waals surface area contributed by atoms with Gasteiger partial charge >= 0.3 is 17.8 Å². The largest absolute Gasteiger partial charge is 0.478 e. The van der Waals surface area contributed by atoms with E-state index >= 15 is 0 Å². The van der Waals surface area contributed by atoms with E-state index in [0.717, 1.165) is 25.7 Å². The van der Waals surface area contributed by atoms with Gasteiger partial charge in [-0.1, -0.05) is 25.8 Å². The van der Waals surface area contributed by atoms with Gasteiger partial charge in [-0.15, -0.1) is 0 Å². The maximum atomic E-state index is 14.4. The first-order valence-electron chi connectivity index (χ1n) is 8.71. The Labute approximate surface area is 145 Å². The summed E-state index contributed by atoms with van der Waals surface area (Å²) in [5.41, 5.74) is -1.09. The molecule has 0 aromatic heterocycles. The maximum absolute atomic E-state index is 14.4. The molecule has 2 rings (SSSR count). The van der Waals surface area contributed by atoms with Crippen molar-refractivity contribution in [3.8, 4) is 0 Å². The van der Waals surface area contributed by atoms with E-state index in [1.807, 2.05) is 0 Å². The fraction of sp³-hybridized carbons (Fsp3) is 0.632. The summed E-state index contributed by atoms with van der Waals surface area (Å²) >= 11 is 0. The third kappa shape index (κ3) is 4.15. The molecule has 0 amide bonds. The molecule has 0 saturated heterocycles. The molecule has 0 heterocycles. The lowest BCUT2D eigenvalue weighted by molar-refractivity contribution is -0.205. The summed E-state index contributed by atoms with van der Waals surface area (Å²) < 4.78 is 55.8. The van der Waals surface area contributed by atoms with Crippen LogP contribution < -0.4 is 0 Å². The number of benzene rings is 1. The highest BCUT2D eigenvalue weighted by Gasteiger charge is 2.55. The molecule has 1 N–H and O–H groups in total. The fourth-order valence-electron chi connectivity index (χ4n) is 3.72. The minimum atomic E-state index is -4.41. The average molecular weight is 360 g/mol. The summed E-state index contributed by atoms with van der Waals surface area (Å²) in [4.78, 5) is 11.1. The zero-order valence-electron chi connectivity index (χ0n) is 14.5. The Morgan fingerprint density at radius 3 is 2.24 bits per heavy atom. The number of rotatable bonds is 6. The summed E-state index contributed by atoms with van der Waals surface area (Å²) in [6.45, 7) is 2.26. The molecule has 2 nitrogen and oxygen atoms in total. The quantitative estimate of drug-likeness (QED) is 0.613. The lowest BCUT2D eigenvalue weighted by Crippen LogP contribution is -2.36. The molecule has 6 heteroatoms. The van der Waals surface area contributed by atoms with Crippen LogP contribution in [0.25, 0.3) is 0 Å². The molecule has 0 bridgehead atoms. The van der Waals surface area contributed by atoms with E-state index in [1.165, 1.54) is 12.1 Å². The van der Waals surface area contributed by atoms with Crippen molar-refractivity contribution in [1.82, 2.24) is 0 Å². The maximum Gasteiger partial charge on any atom is 0.335 e. The van der Waals surface area contributed by atoms with Crippen molar-refractivity contribution in [3.63, 3.8) is 0 Å². The number of aromatic carboxylic acids is 1. The number of carbonyl (C=O) groups is 1. The summed E-state index contributed by atoms with van der Waals surface area (Å²) in [5, 5.41) is 9.04. The first-order valence-corrected chi connectivity index (χ1v) is 8.71. The molecule has 140 valence electrons. The fourth-order valence-corrected chi connectivity index (χ4v) is 3.72. The van der Waals surface area contributed by atoms with Crippen LogP contribution in [0.5, 0.6) is 0 Å². The third-order valence-electron chi connectivity index (χ3n) is 5.17. The van der Waals surface area contributed by atoms with E-state index in [4.69, 9.17) is 5.11 Å². The van der Waals surface area contributed by atoms with Crippen molar-refractivity contribution in [3.05, 3.63) is 34.9 Å². The molecule has 1 fully saturated rings. The van der Waals surface area contributed by atoms with Crippen LogP contribution in [-0.2, 0) is 5.92 Å². The van der Waals surface area contributed by atoms with E-state index in [1.54, 1.807) is 0 Å². The molecule has 1 aliphatic rings. The predicted octanol–water partition coefficient (Wildman–Crippen LogP) is 6.21. The first-order chi connectivity index (χ1) is 11.6. The predicted molar refractivity (Wildman–Crippen MR) is 87.5 cm³/mol. The molecule has 0 atom stereocenters. The van der Waals surface area contributed by atoms with Crippen LogP contribution in [-0.4, -0.2) is 17.0 Å². The van der Waals surface area contributed by atoms with Gasteiger partial charge in [-0.2, -0.15) is 17.6 Å². The molecular formula is C19H24F4O2. The van der Waals surface area contributed by atoms with E-state index < -0.39 is 28.9 Å². The Kier molecular flexibility index (Phi) is 5.79. The number of carboxylic acids is 1. The second kappa shape index (κ2) is 7.34. The van der Waals surface area contributed by atoms with E-state index in [2.05, 4.69) is 6.92 Å². The van der Waals surface area contributed by atoms with Crippen molar-refractivity contribution in [2.45, 2.75) is 70.1 Å². The lowest BCUT2D eigenvalue weighted by Gasteiger charge is -2.32. The standard InChI is InChI=1S/C19H24F4O2/c1-3-4-12-5-7-13(8-6-12)15-10-9-14(17(24)25)11-16(15)19(22,23)18(2,20)21/h9-13H,3-8H2,1-2H3,(H,24,25). The normalized spacial score (nSPS) is 22.0. The van der Waals surface area contributed by atoms with Gasteiger partial charge in [0.2, 0.25) is 0 Å². The summed E-state index contributed by atoms with van der Waals surface area (Å²) in [5.74, 6) is -9.77. The smallest absolute Gasteiger partial charge is 0.335 e. The molecule has 0 aliphatic heterocycles. The van der Waals surface area contributed by atoms with E-state index in [0.29, 0.717) is 24.8 Å². The lowest BCUT2D eigenvalue weighted by atomic mass is 9.75. The van der Waals surface area contributed by atoms with Crippen molar-refractivity contribution in [1.29, 1.82) is 0 Å². The van der Waals surface area contributed by atoms with Gasteiger partial charge in [0.15, 0.2) is 0 Å². The number of hydrogen-bond acceptors (Lipinski definition) is 1. The Morgan fingerprint density at radius 1 is 1.16 bits per heavy atom. The minimum absolute atomic E-state index is 0.159. The van der Waals surface area contributed by atoms with Crippen molar-refractivity contribution in [2.75, 3.05) is 0 Å². The number of alkyl halides is 4. The Hall–Kier alpha value is -1.59. The van der Waals surface area contributed by atoms with Crippen molar-refractivity contribution in [2.24, 2.45) is 5.92 Å². The van der Waals surface area contributed by atoms with E-state index in [9.17, 15) is 22.4 Å². The molecule has 0 spiro atoms.